The van der Waals surface area contributed by atoms with Gasteiger partial charge in [0.1, 0.15) is 25.1 Å². The van der Waals surface area contributed by atoms with Crippen molar-refractivity contribution >= 4 is 61.8 Å². The molecule has 0 atom stereocenters. The van der Waals surface area contributed by atoms with Crippen LogP contribution in [0.5, 0.6) is 0 Å². The van der Waals surface area contributed by atoms with E-state index in [-0.39, 0.29) is 17.7 Å². The summed E-state index contributed by atoms with van der Waals surface area (Å²) in [5.41, 5.74) is 0.574. The lowest BCUT2D eigenvalue weighted by Gasteiger charge is -2.06. The van der Waals surface area contributed by atoms with Gasteiger partial charge in [0.2, 0.25) is 0 Å². The number of hydrogen-bond donors (Lipinski definition) is 1. The number of aldehydes is 2. The average molecular weight is 883 g/mol. The van der Waals surface area contributed by atoms with E-state index in [2.05, 4.69) is 29.9 Å². The number of hydrogen-bond acceptors (Lipinski definition) is 14. The van der Waals surface area contributed by atoms with Gasteiger partial charge in [-0.25, -0.2) is 0 Å². The number of Topliss-reactive ketones (excluding diaryl/α,β-unsaturated/α-hetero) is 1. The van der Waals surface area contributed by atoms with Crippen molar-refractivity contribution in [3.05, 3.63) is 12.2 Å². The maximum atomic E-state index is 11.8. The zero-order valence-corrected chi connectivity index (χ0v) is 40.4. The number of aliphatic hydroxyl groups is 1. The van der Waals surface area contributed by atoms with Gasteiger partial charge in [0.25, 0.3) is 12.9 Å². The van der Waals surface area contributed by atoms with E-state index in [0.29, 0.717) is 62.7 Å². The van der Waals surface area contributed by atoms with E-state index in [1.807, 2.05) is 6.79 Å². The second kappa shape index (κ2) is 83.3. The van der Waals surface area contributed by atoms with Crippen molar-refractivity contribution in [3.63, 3.8) is 0 Å². The summed E-state index contributed by atoms with van der Waals surface area (Å²) in [7, 11) is 2.31. The van der Waals surface area contributed by atoms with Gasteiger partial charge >= 0.3 is 11.9 Å². The van der Waals surface area contributed by atoms with Crippen LogP contribution in [0.1, 0.15) is 190 Å². The third kappa shape index (κ3) is 124. The van der Waals surface area contributed by atoms with E-state index in [9.17, 15) is 24.0 Å². The summed E-state index contributed by atoms with van der Waals surface area (Å²) in [5.74, 6) is 1.36. The minimum Gasteiger partial charge on any atom is -0.471 e. The molecular weight excluding hydrogens is 793 g/mol. The summed E-state index contributed by atoms with van der Waals surface area (Å²) in [5, 5.41) is 7.00. The molecule has 0 unspecified atom stereocenters. The highest BCUT2D eigenvalue weighted by atomic mass is 32.2. The van der Waals surface area contributed by atoms with E-state index in [1.165, 1.54) is 131 Å². The van der Waals surface area contributed by atoms with Crippen molar-refractivity contribution in [2.24, 2.45) is 0 Å². The highest BCUT2D eigenvalue weighted by molar-refractivity contribution is 7.99. The molecule has 1 N–H and O–H groups in total. The van der Waals surface area contributed by atoms with Gasteiger partial charge in [-0.2, -0.15) is 11.8 Å². The Morgan fingerprint density at radius 2 is 0.817 bits per heavy atom. The minimum absolute atomic E-state index is 0.114. The van der Waals surface area contributed by atoms with E-state index in [0.717, 1.165) is 45.4 Å². The van der Waals surface area contributed by atoms with Crippen molar-refractivity contribution in [3.8, 4) is 0 Å². The predicted molar refractivity (Wildman–Crippen MR) is 247 cm³/mol. The highest BCUT2D eigenvalue weighted by Gasteiger charge is 2.06. The predicted octanol–water partition coefficient (Wildman–Crippen LogP) is 10.4. The first kappa shape index (κ1) is 74.1. The highest BCUT2D eigenvalue weighted by Crippen LogP contribution is 2.12. The summed E-state index contributed by atoms with van der Waals surface area (Å²) < 4.78 is 18.7. The van der Waals surface area contributed by atoms with E-state index in [1.54, 1.807) is 25.6 Å². The Kier molecular flexibility index (Phi) is 103. The number of ether oxygens (including phenoxy) is 4. The second-order valence-electron chi connectivity index (χ2n) is 12.9. The molecule has 0 aliphatic heterocycles. The smallest absolute Gasteiger partial charge is 0.306 e. The molecule has 0 bridgehead atoms. The molecular formula is C46H90O13S. The third-order valence-electron chi connectivity index (χ3n) is 6.96. The van der Waals surface area contributed by atoms with Crippen LogP contribution in [-0.4, -0.2) is 101 Å². The molecule has 0 aliphatic carbocycles. The third-order valence-corrected chi connectivity index (χ3v) is 7.94. The number of unbranched alkanes of at least 4 members (excludes halogenated alkanes) is 18. The van der Waals surface area contributed by atoms with Crippen LogP contribution >= 0.6 is 11.8 Å². The number of thioether (sulfide) groups is 1. The number of ketones is 1. The van der Waals surface area contributed by atoms with Gasteiger partial charge in [0.05, 0.1) is 39.8 Å². The topological polar surface area (TPSA) is 194 Å². The summed E-state index contributed by atoms with van der Waals surface area (Å²) in [6.45, 7) is 20.1. The van der Waals surface area contributed by atoms with Gasteiger partial charge in [-0.1, -0.05) is 136 Å². The molecule has 0 aromatic carbocycles. The number of allylic oxidation sites excluding steroid dienone is 1. The van der Waals surface area contributed by atoms with Crippen LogP contribution < -0.4 is 0 Å². The van der Waals surface area contributed by atoms with Crippen LogP contribution in [0.4, 0.5) is 0 Å². The Morgan fingerprint density at radius 3 is 1.00 bits per heavy atom. The lowest BCUT2D eigenvalue weighted by Crippen LogP contribution is -2.09. The van der Waals surface area contributed by atoms with Crippen molar-refractivity contribution in [2.45, 2.75) is 190 Å². The average Bonchev–Trinajstić information content (AvgIpc) is 3.24. The molecule has 0 heterocycles. The first-order chi connectivity index (χ1) is 28.9. The van der Waals surface area contributed by atoms with Crippen LogP contribution in [0.3, 0.4) is 0 Å². The molecule has 0 saturated heterocycles. The van der Waals surface area contributed by atoms with Crippen LogP contribution in [0.25, 0.3) is 0 Å². The fourth-order valence-electron chi connectivity index (χ4n) is 4.18. The van der Waals surface area contributed by atoms with Crippen molar-refractivity contribution in [2.75, 3.05) is 45.5 Å². The van der Waals surface area contributed by atoms with Gasteiger partial charge < -0.3 is 38.4 Å². The van der Waals surface area contributed by atoms with Gasteiger partial charge in [-0.05, 0) is 53.0 Å². The molecule has 0 rings (SSSR count). The molecule has 0 spiro atoms. The number of methoxy groups -OCH3 is 1. The molecule has 0 amide bonds. The zero-order valence-electron chi connectivity index (χ0n) is 39.6. The Balaban J connectivity index is -0.000000146. The number of aliphatic hydroxyl groups excluding tert-OH is 1. The molecule has 14 heteroatoms. The molecule has 0 radical (unpaired) electrons. The van der Waals surface area contributed by atoms with Gasteiger partial charge in [0.15, 0.2) is 0 Å². The second-order valence-corrected chi connectivity index (χ2v) is 14.1. The van der Waals surface area contributed by atoms with Crippen LogP contribution in [0, 0.1) is 0 Å². The standard InChI is InChI=1S/C30H58O4S.C4H6O.C3H6O2.C3H6O.C2H4O2.C2H4O.CH4O.CH2O/c1-3-5-7-9-11-13-15-17-19-21-25-33-29(31)23-27-35-28-24-30(32)34-26-22-20-18-16-14-12-10-8-6-4-2;1-4(2)3-5;1-2-5-3-4;1-3(2)4;1-4-2-3;1-2-3;2*1-2/h3-28H2,1-2H3;3H,1H2,2H3;3H,2H2,1H3;1-2H3;2H,1H3;2H,1H3;2H,1H3;1H2. The normalized spacial score (nSPS) is 8.70. The molecule has 0 saturated carbocycles. The van der Waals surface area contributed by atoms with Gasteiger partial charge in [0, 0.05) is 18.6 Å². The summed E-state index contributed by atoms with van der Waals surface area (Å²) in [4.78, 5) is 77.4. The summed E-state index contributed by atoms with van der Waals surface area (Å²) >= 11 is 1.63. The van der Waals surface area contributed by atoms with Crippen molar-refractivity contribution < 1.29 is 62.4 Å². The Hall–Kier alpha value is -3.39. The quantitative estimate of drug-likeness (QED) is 0.0220. The Labute approximate surface area is 370 Å². The largest absolute Gasteiger partial charge is 0.471 e. The van der Waals surface area contributed by atoms with Crippen LogP contribution in [-0.2, 0) is 57.3 Å². The Bertz CT molecular complexity index is 827. The van der Waals surface area contributed by atoms with Crippen LogP contribution in [0.15, 0.2) is 12.2 Å². The lowest BCUT2D eigenvalue weighted by atomic mass is 10.1. The molecule has 60 heavy (non-hydrogen) atoms. The monoisotopic (exact) mass is 883 g/mol. The van der Waals surface area contributed by atoms with Crippen LogP contribution in [0.2, 0.25) is 0 Å². The van der Waals surface area contributed by atoms with E-state index in [4.69, 9.17) is 29.0 Å². The number of esters is 2. The fraction of sp³-hybridized carbons (Fsp3) is 0.783. The van der Waals surface area contributed by atoms with Crippen molar-refractivity contribution in [1.29, 1.82) is 0 Å². The summed E-state index contributed by atoms with van der Waals surface area (Å²) in [6, 6.07) is 0. The number of carbonyl (C=O) groups is 8. The molecule has 0 fully saturated rings. The number of rotatable bonds is 32. The Morgan fingerprint density at radius 1 is 0.567 bits per heavy atom. The fourth-order valence-corrected chi connectivity index (χ4v) is 5.00. The molecule has 0 aliphatic rings. The maximum absolute atomic E-state index is 11.8. The molecule has 358 valence electrons. The molecule has 13 nitrogen and oxygen atoms in total. The van der Waals surface area contributed by atoms with Gasteiger partial charge in [-0.3, -0.25) is 24.0 Å². The SMILES string of the molecule is C=C(C)C=O.C=O.CC(C)=O.CC=O.CCCCCCCCCCCCOC(=O)CCSCCC(=O)OCCCCCCCCCCCC.CCOC=O.CO.COC=O. The zero-order chi connectivity index (χ0) is 47.8. The summed E-state index contributed by atoms with van der Waals surface area (Å²) in [6.07, 6.45) is 28.0. The van der Waals surface area contributed by atoms with E-state index >= 15 is 0 Å². The molecule has 0 aromatic heterocycles. The van der Waals surface area contributed by atoms with Gasteiger partial charge in [-0.15, -0.1) is 0 Å². The van der Waals surface area contributed by atoms with E-state index < -0.39 is 0 Å². The lowest BCUT2D eigenvalue weighted by molar-refractivity contribution is -0.144. The maximum Gasteiger partial charge on any atom is 0.306 e. The van der Waals surface area contributed by atoms with Crippen molar-refractivity contribution in [1.82, 2.24) is 0 Å². The molecule has 0 aromatic rings. The number of carbonyl (C=O) groups excluding carboxylic acids is 8. The first-order valence-corrected chi connectivity index (χ1v) is 22.7. The minimum atomic E-state index is -0.114. The first-order valence-electron chi connectivity index (χ1n) is 21.6.